The molecule has 2 aromatic carbocycles. The van der Waals surface area contributed by atoms with Crippen LogP contribution in [0.15, 0.2) is 48.5 Å². The van der Waals surface area contributed by atoms with Gasteiger partial charge >= 0.3 is 0 Å². The molecule has 2 aromatic rings. The summed E-state index contributed by atoms with van der Waals surface area (Å²) in [5.41, 5.74) is 4.65. The Kier molecular flexibility index (Phi) is 7.11. The van der Waals surface area contributed by atoms with Crippen molar-refractivity contribution < 1.29 is 0 Å². The van der Waals surface area contributed by atoms with Gasteiger partial charge in [-0.1, -0.05) is 75.9 Å². The van der Waals surface area contributed by atoms with Crippen molar-refractivity contribution in [3.63, 3.8) is 0 Å². The fourth-order valence-corrected chi connectivity index (χ4v) is 4.85. The van der Waals surface area contributed by atoms with Crippen molar-refractivity contribution in [1.82, 2.24) is 0 Å². The zero-order valence-corrected chi connectivity index (χ0v) is 17.0. The van der Waals surface area contributed by atoms with Gasteiger partial charge in [0.1, 0.15) is 0 Å². The molecule has 1 unspecified atom stereocenters. The maximum absolute atomic E-state index is 8.94. The molecule has 1 saturated carbocycles. The number of hydrogen-bond donors (Lipinski definition) is 0. The Morgan fingerprint density at radius 1 is 0.889 bits per heavy atom. The van der Waals surface area contributed by atoms with Gasteiger partial charge in [0.25, 0.3) is 0 Å². The summed E-state index contributed by atoms with van der Waals surface area (Å²) >= 11 is 0. The zero-order chi connectivity index (χ0) is 19.1. The van der Waals surface area contributed by atoms with Crippen LogP contribution in [0.5, 0.6) is 0 Å². The molecule has 0 amide bonds. The molecule has 1 aliphatic rings. The third kappa shape index (κ3) is 5.01. The quantitative estimate of drug-likeness (QED) is 0.496. The molecule has 1 nitrogen and oxygen atoms in total. The lowest BCUT2D eigenvalue weighted by atomic mass is 9.72. The van der Waals surface area contributed by atoms with Gasteiger partial charge in [0.2, 0.25) is 0 Å². The van der Waals surface area contributed by atoms with E-state index >= 15 is 0 Å². The van der Waals surface area contributed by atoms with E-state index in [2.05, 4.69) is 44.2 Å². The van der Waals surface area contributed by atoms with Gasteiger partial charge in [0, 0.05) is 0 Å². The Balaban J connectivity index is 1.59. The Labute approximate surface area is 165 Å². The van der Waals surface area contributed by atoms with E-state index < -0.39 is 0 Å². The summed E-state index contributed by atoms with van der Waals surface area (Å²) in [4.78, 5) is 0. The molecule has 0 bridgehead atoms. The summed E-state index contributed by atoms with van der Waals surface area (Å²) in [7, 11) is 0. The van der Waals surface area contributed by atoms with Crippen LogP contribution < -0.4 is 0 Å². The first kappa shape index (κ1) is 19.7. The van der Waals surface area contributed by atoms with Crippen LogP contribution in [-0.2, 0) is 0 Å². The van der Waals surface area contributed by atoms with Crippen LogP contribution >= 0.6 is 0 Å². The van der Waals surface area contributed by atoms with Crippen LogP contribution in [0, 0.1) is 23.2 Å². The van der Waals surface area contributed by atoms with Gasteiger partial charge in [0.15, 0.2) is 0 Å². The first-order valence-corrected chi connectivity index (χ1v) is 10.9. The van der Waals surface area contributed by atoms with E-state index in [0.29, 0.717) is 0 Å². The van der Waals surface area contributed by atoms with Crippen LogP contribution in [0.1, 0.15) is 82.3 Å². The molecule has 0 radical (unpaired) electrons. The monoisotopic (exact) mass is 359 g/mol. The van der Waals surface area contributed by atoms with Crippen molar-refractivity contribution >= 4 is 0 Å². The van der Waals surface area contributed by atoms with Gasteiger partial charge in [-0.3, -0.25) is 0 Å². The molecule has 0 aromatic heterocycles. The van der Waals surface area contributed by atoms with Gasteiger partial charge in [0.05, 0.1) is 11.6 Å². The van der Waals surface area contributed by atoms with Gasteiger partial charge < -0.3 is 0 Å². The molecule has 1 aliphatic carbocycles. The largest absolute Gasteiger partial charge is 0.192 e. The third-order valence-corrected chi connectivity index (χ3v) is 6.62. The molecule has 0 saturated heterocycles. The number of rotatable bonds is 7. The minimum Gasteiger partial charge on any atom is -0.192 e. The van der Waals surface area contributed by atoms with Crippen molar-refractivity contribution in [3.05, 3.63) is 59.7 Å². The smallest absolute Gasteiger partial charge is 0.0991 e. The van der Waals surface area contributed by atoms with E-state index in [1.807, 2.05) is 24.3 Å². The van der Waals surface area contributed by atoms with Crippen LogP contribution in [0.25, 0.3) is 11.1 Å². The predicted molar refractivity (Wildman–Crippen MR) is 115 cm³/mol. The molecule has 27 heavy (non-hydrogen) atoms. The Morgan fingerprint density at radius 2 is 1.48 bits per heavy atom. The molecular formula is C26H33N. The summed E-state index contributed by atoms with van der Waals surface area (Å²) in [6, 6.07) is 19.2. The second-order valence-electron chi connectivity index (χ2n) is 8.23. The van der Waals surface area contributed by atoms with E-state index in [4.69, 9.17) is 5.26 Å². The SMILES string of the molecule is CCCCC(CC)C1CCC(c2ccc(-c3ccc(C#N)cc3)cc2)CC1. The number of nitriles is 1. The van der Waals surface area contributed by atoms with E-state index in [9.17, 15) is 0 Å². The van der Waals surface area contributed by atoms with Crippen molar-refractivity contribution in [2.45, 2.75) is 71.1 Å². The lowest BCUT2D eigenvalue weighted by Gasteiger charge is -2.34. The summed E-state index contributed by atoms with van der Waals surface area (Å²) in [6.45, 7) is 4.69. The van der Waals surface area contributed by atoms with Crippen molar-refractivity contribution in [1.29, 1.82) is 5.26 Å². The fourth-order valence-electron chi connectivity index (χ4n) is 4.85. The zero-order valence-electron chi connectivity index (χ0n) is 17.0. The van der Waals surface area contributed by atoms with Gasteiger partial charge in [-0.15, -0.1) is 0 Å². The summed E-state index contributed by atoms with van der Waals surface area (Å²) in [5, 5.41) is 8.94. The highest BCUT2D eigenvalue weighted by atomic mass is 14.3. The summed E-state index contributed by atoms with van der Waals surface area (Å²) in [5.74, 6) is 2.64. The van der Waals surface area contributed by atoms with E-state index in [1.165, 1.54) is 68.1 Å². The Hall–Kier alpha value is -2.07. The average molecular weight is 360 g/mol. The lowest BCUT2D eigenvalue weighted by Crippen LogP contribution is -2.21. The maximum atomic E-state index is 8.94. The molecule has 0 heterocycles. The minimum atomic E-state index is 0.719. The molecule has 1 atom stereocenters. The van der Waals surface area contributed by atoms with Gasteiger partial charge in [-0.05, 0) is 72.3 Å². The van der Waals surface area contributed by atoms with Crippen LogP contribution in [0.2, 0.25) is 0 Å². The Morgan fingerprint density at radius 3 is 2.00 bits per heavy atom. The number of benzene rings is 2. The molecule has 3 rings (SSSR count). The molecule has 0 spiro atoms. The van der Waals surface area contributed by atoms with E-state index in [1.54, 1.807) is 0 Å². The normalized spacial score (nSPS) is 20.8. The molecule has 0 aliphatic heterocycles. The Bertz CT molecular complexity index is 727. The summed E-state index contributed by atoms with van der Waals surface area (Å²) < 4.78 is 0. The van der Waals surface area contributed by atoms with Gasteiger partial charge in [-0.2, -0.15) is 5.26 Å². The first-order chi connectivity index (χ1) is 13.2. The van der Waals surface area contributed by atoms with Gasteiger partial charge in [-0.25, -0.2) is 0 Å². The second-order valence-corrected chi connectivity index (χ2v) is 8.23. The second kappa shape index (κ2) is 9.75. The van der Waals surface area contributed by atoms with Crippen molar-refractivity contribution in [2.24, 2.45) is 11.8 Å². The topological polar surface area (TPSA) is 23.8 Å². The highest BCUT2D eigenvalue weighted by Crippen LogP contribution is 2.41. The van der Waals surface area contributed by atoms with Crippen molar-refractivity contribution in [2.75, 3.05) is 0 Å². The van der Waals surface area contributed by atoms with Crippen LogP contribution in [-0.4, -0.2) is 0 Å². The highest BCUT2D eigenvalue weighted by Gasteiger charge is 2.27. The fraction of sp³-hybridized carbons (Fsp3) is 0.500. The predicted octanol–water partition coefficient (Wildman–Crippen LogP) is 7.72. The minimum absolute atomic E-state index is 0.719. The highest BCUT2D eigenvalue weighted by molar-refractivity contribution is 5.64. The molecule has 142 valence electrons. The van der Waals surface area contributed by atoms with Crippen LogP contribution in [0.4, 0.5) is 0 Å². The molecule has 1 heteroatoms. The van der Waals surface area contributed by atoms with E-state index in [-0.39, 0.29) is 0 Å². The number of unbranched alkanes of at least 4 members (excludes halogenated alkanes) is 1. The maximum Gasteiger partial charge on any atom is 0.0991 e. The summed E-state index contributed by atoms with van der Waals surface area (Å²) in [6.07, 6.45) is 11.0. The number of nitrogens with zero attached hydrogens (tertiary/aromatic N) is 1. The van der Waals surface area contributed by atoms with E-state index in [0.717, 1.165) is 23.3 Å². The lowest BCUT2D eigenvalue weighted by molar-refractivity contribution is 0.213. The molecule has 1 fully saturated rings. The first-order valence-electron chi connectivity index (χ1n) is 10.9. The third-order valence-electron chi connectivity index (χ3n) is 6.62. The average Bonchev–Trinajstić information content (AvgIpc) is 2.75. The molecule has 0 N–H and O–H groups in total. The molecular weight excluding hydrogens is 326 g/mol. The standard InChI is InChI=1S/C26H33N/c1-3-5-6-21(4-2)22-11-13-25(14-12-22)26-17-15-24(16-18-26)23-9-7-20(19-27)8-10-23/h7-10,15-18,21-22,25H,3-6,11-14H2,1-2H3. The van der Waals surface area contributed by atoms with Crippen molar-refractivity contribution in [3.8, 4) is 17.2 Å². The van der Waals surface area contributed by atoms with Crippen LogP contribution in [0.3, 0.4) is 0 Å². The number of hydrogen-bond acceptors (Lipinski definition) is 1.